The van der Waals surface area contributed by atoms with Crippen molar-refractivity contribution in [2.75, 3.05) is 7.11 Å². The Morgan fingerprint density at radius 1 is 0.771 bits per heavy atom. The van der Waals surface area contributed by atoms with Crippen molar-refractivity contribution < 1.29 is 23.4 Å². The van der Waals surface area contributed by atoms with Crippen molar-refractivity contribution in [3.05, 3.63) is 42.5 Å². The number of hydrogen-bond acceptors (Lipinski definition) is 5. The standard InChI is InChI=1S/C28H46B2O5/c1-11-12-13-22(29-32-25(2,3)26(4,5)33-29)20-23(30-34-27(6,7)28(8,9)35-30)17-14-21-15-18-24(31-10)19-16-21/h11,15-16,18-19,22-23H,1,12-14,17,20H2,2-10H3/t22-,23-/m0/s1. The summed E-state index contributed by atoms with van der Waals surface area (Å²) in [6, 6.07) is 8.33. The van der Waals surface area contributed by atoms with Crippen LogP contribution in [-0.2, 0) is 25.0 Å². The molecular weight excluding hydrogens is 438 g/mol. The lowest BCUT2D eigenvalue weighted by Gasteiger charge is -2.32. The molecule has 0 N–H and O–H groups in total. The predicted octanol–water partition coefficient (Wildman–Crippen LogP) is 6.91. The summed E-state index contributed by atoms with van der Waals surface area (Å²) in [7, 11) is 1.17. The first kappa shape index (κ1) is 28.3. The van der Waals surface area contributed by atoms with Gasteiger partial charge in [-0.2, -0.15) is 0 Å². The third kappa shape index (κ3) is 6.36. The molecule has 194 valence electrons. The molecule has 7 heteroatoms. The van der Waals surface area contributed by atoms with Crippen molar-refractivity contribution in [2.24, 2.45) is 0 Å². The lowest BCUT2D eigenvalue weighted by Crippen LogP contribution is -2.41. The summed E-state index contributed by atoms with van der Waals surface area (Å²) < 4.78 is 31.5. The topological polar surface area (TPSA) is 46.2 Å². The number of allylic oxidation sites excluding steroid dienone is 1. The summed E-state index contributed by atoms with van der Waals surface area (Å²) >= 11 is 0. The Labute approximate surface area is 214 Å². The maximum atomic E-state index is 6.56. The maximum Gasteiger partial charge on any atom is 0.461 e. The summed E-state index contributed by atoms with van der Waals surface area (Å²) in [4.78, 5) is 0. The molecule has 2 heterocycles. The molecule has 5 nitrogen and oxygen atoms in total. The van der Waals surface area contributed by atoms with E-state index in [9.17, 15) is 0 Å². The lowest BCUT2D eigenvalue weighted by atomic mass is 9.57. The van der Waals surface area contributed by atoms with E-state index in [1.807, 2.05) is 18.2 Å². The van der Waals surface area contributed by atoms with Crippen LogP contribution in [0.1, 0.15) is 86.6 Å². The van der Waals surface area contributed by atoms with Gasteiger partial charge in [-0.25, -0.2) is 0 Å². The zero-order valence-electron chi connectivity index (χ0n) is 23.5. The van der Waals surface area contributed by atoms with Gasteiger partial charge in [0.05, 0.1) is 29.5 Å². The highest BCUT2D eigenvalue weighted by Gasteiger charge is 2.56. The summed E-state index contributed by atoms with van der Waals surface area (Å²) in [6.07, 6.45) is 6.66. The molecule has 0 unspecified atom stereocenters. The van der Waals surface area contributed by atoms with Crippen LogP contribution in [0.3, 0.4) is 0 Å². The van der Waals surface area contributed by atoms with Gasteiger partial charge in [-0.3, -0.25) is 0 Å². The first-order valence-corrected chi connectivity index (χ1v) is 13.2. The molecule has 0 bridgehead atoms. The van der Waals surface area contributed by atoms with Crippen LogP contribution in [0.5, 0.6) is 5.75 Å². The highest BCUT2D eigenvalue weighted by molar-refractivity contribution is 6.49. The molecule has 2 aliphatic rings. The fraction of sp³-hybridized carbons (Fsp3) is 0.714. The zero-order valence-corrected chi connectivity index (χ0v) is 23.5. The minimum atomic E-state index is -0.364. The molecule has 3 rings (SSSR count). The predicted molar refractivity (Wildman–Crippen MR) is 145 cm³/mol. The molecule has 35 heavy (non-hydrogen) atoms. The Bertz CT molecular complexity index is 817. The van der Waals surface area contributed by atoms with Crippen LogP contribution in [0, 0.1) is 0 Å². The molecule has 0 aromatic heterocycles. The van der Waals surface area contributed by atoms with Crippen molar-refractivity contribution in [1.29, 1.82) is 0 Å². The van der Waals surface area contributed by atoms with Crippen molar-refractivity contribution >= 4 is 14.2 Å². The SMILES string of the molecule is C=CCC[C@@H](C[C@H](CCc1ccc(OC)cc1)B1OC(C)(C)C(C)(C)O1)B1OC(C)(C)C(C)(C)O1. The zero-order chi connectivity index (χ0) is 26.1. The summed E-state index contributed by atoms with van der Waals surface area (Å²) in [5.74, 6) is 1.29. The van der Waals surface area contributed by atoms with E-state index < -0.39 is 0 Å². The van der Waals surface area contributed by atoms with E-state index >= 15 is 0 Å². The quantitative estimate of drug-likeness (QED) is 0.252. The second-order valence-electron chi connectivity index (χ2n) is 12.3. The molecule has 2 aliphatic heterocycles. The van der Waals surface area contributed by atoms with E-state index in [2.05, 4.69) is 74.1 Å². The average Bonchev–Trinajstić information content (AvgIpc) is 3.12. The molecule has 1 aromatic rings. The molecular formula is C28H46B2O5. The molecule has 2 fully saturated rings. The van der Waals surface area contributed by atoms with Gasteiger partial charge >= 0.3 is 14.2 Å². The number of rotatable bonds is 11. The van der Waals surface area contributed by atoms with Crippen LogP contribution >= 0.6 is 0 Å². The van der Waals surface area contributed by atoms with Gasteiger partial charge in [-0.05, 0) is 110 Å². The second-order valence-corrected chi connectivity index (χ2v) is 12.3. The van der Waals surface area contributed by atoms with Crippen LogP contribution < -0.4 is 4.74 Å². The van der Waals surface area contributed by atoms with Gasteiger partial charge in [-0.15, -0.1) is 6.58 Å². The third-order valence-corrected chi connectivity index (χ3v) is 8.62. The van der Waals surface area contributed by atoms with Crippen molar-refractivity contribution in [3.63, 3.8) is 0 Å². The molecule has 1 aromatic carbocycles. The molecule has 0 amide bonds. The Hall–Kier alpha value is -1.27. The molecule has 0 spiro atoms. The summed E-state index contributed by atoms with van der Waals surface area (Å²) in [5, 5.41) is 0. The second kappa shape index (κ2) is 10.6. The van der Waals surface area contributed by atoms with Crippen molar-refractivity contribution in [1.82, 2.24) is 0 Å². The minimum absolute atomic E-state index is 0.201. The minimum Gasteiger partial charge on any atom is -0.497 e. The van der Waals surface area contributed by atoms with Gasteiger partial charge in [0.2, 0.25) is 0 Å². The molecule has 0 radical (unpaired) electrons. The van der Waals surface area contributed by atoms with Crippen LogP contribution in [0.15, 0.2) is 36.9 Å². The van der Waals surface area contributed by atoms with Crippen LogP contribution in [0.4, 0.5) is 0 Å². The number of aryl methyl sites for hydroxylation is 1. The summed E-state index contributed by atoms with van der Waals surface area (Å²) in [5.41, 5.74) is -0.154. The lowest BCUT2D eigenvalue weighted by molar-refractivity contribution is 0.00578. The fourth-order valence-corrected chi connectivity index (χ4v) is 4.76. The number of benzene rings is 1. The van der Waals surface area contributed by atoms with Crippen molar-refractivity contribution in [3.8, 4) is 5.75 Å². The monoisotopic (exact) mass is 484 g/mol. The maximum absolute atomic E-state index is 6.56. The molecule has 2 saturated heterocycles. The summed E-state index contributed by atoms with van der Waals surface area (Å²) in [6.45, 7) is 20.9. The van der Waals surface area contributed by atoms with Crippen LogP contribution in [0.2, 0.25) is 11.6 Å². The van der Waals surface area contributed by atoms with E-state index in [1.54, 1.807) is 7.11 Å². The number of methoxy groups -OCH3 is 1. The Balaban J connectivity index is 1.82. The Morgan fingerprint density at radius 2 is 1.20 bits per heavy atom. The van der Waals surface area contributed by atoms with E-state index in [4.69, 9.17) is 23.4 Å². The van der Waals surface area contributed by atoms with E-state index in [0.29, 0.717) is 0 Å². The highest BCUT2D eigenvalue weighted by Crippen LogP contribution is 2.47. The van der Waals surface area contributed by atoms with Gasteiger partial charge in [0.25, 0.3) is 0 Å². The Morgan fingerprint density at radius 3 is 1.60 bits per heavy atom. The normalized spacial score (nSPS) is 23.8. The smallest absolute Gasteiger partial charge is 0.461 e. The molecule has 0 aliphatic carbocycles. The third-order valence-electron chi connectivity index (χ3n) is 8.62. The highest BCUT2D eigenvalue weighted by atomic mass is 16.7. The first-order valence-electron chi connectivity index (χ1n) is 13.2. The van der Waals surface area contributed by atoms with Gasteiger partial charge < -0.3 is 23.4 Å². The van der Waals surface area contributed by atoms with Gasteiger partial charge in [0.1, 0.15) is 5.75 Å². The largest absolute Gasteiger partial charge is 0.497 e. The number of hydrogen-bond donors (Lipinski definition) is 0. The van der Waals surface area contributed by atoms with Crippen molar-refractivity contribution in [2.45, 2.75) is 122 Å². The van der Waals surface area contributed by atoms with E-state index in [1.165, 1.54) is 5.56 Å². The van der Waals surface area contributed by atoms with Gasteiger partial charge in [0, 0.05) is 0 Å². The van der Waals surface area contributed by atoms with E-state index in [0.717, 1.165) is 37.9 Å². The Kier molecular flexibility index (Phi) is 8.58. The van der Waals surface area contributed by atoms with Crippen LogP contribution in [-0.4, -0.2) is 43.8 Å². The van der Waals surface area contributed by atoms with Crippen LogP contribution in [0.25, 0.3) is 0 Å². The van der Waals surface area contributed by atoms with Gasteiger partial charge in [-0.1, -0.05) is 24.6 Å². The first-order chi connectivity index (χ1) is 16.2. The fourth-order valence-electron chi connectivity index (χ4n) is 4.76. The number of ether oxygens (including phenoxy) is 1. The van der Waals surface area contributed by atoms with E-state index in [-0.39, 0.29) is 48.3 Å². The molecule has 2 atom stereocenters. The van der Waals surface area contributed by atoms with Gasteiger partial charge in [0.15, 0.2) is 0 Å². The molecule has 0 saturated carbocycles. The average molecular weight is 484 g/mol.